The van der Waals surface area contributed by atoms with Crippen LogP contribution in [-0.4, -0.2) is 21.0 Å². The summed E-state index contributed by atoms with van der Waals surface area (Å²) in [6.45, 7) is 2.88. The molecule has 18 heavy (non-hydrogen) atoms. The van der Waals surface area contributed by atoms with Crippen molar-refractivity contribution in [3.63, 3.8) is 0 Å². The van der Waals surface area contributed by atoms with E-state index in [9.17, 15) is 0 Å². The van der Waals surface area contributed by atoms with Gasteiger partial charge in [0.2, 0.25) is 0 Å². The Morgan fingerprint density at radius 2 is 2.06 bits per heavy atom. The average molecular weight is 262 g/mol. The van der Waals surface area contributed by atoms with Crippen LogP contribution in [0.5, 0.6) is 0 Å². The van der Waals surface area contributed by atoms with Crippen LogP contribution in [0.1, 0.15) is 24.4 Å². The summed E-state index contributed by atoms with van der Waals surface area (Å²) in [5.74, 6) is 0.947. The zero-order valence-electron chi connectivity index (χ0n) is 10.9. The van der Waals surface area contributed by atoms with Gasteiger partial charge in [0.05, 0.1) is 6.54 Å². The van der Waals surface area contributed by atoms with Gasteiger partial charge in [-0.05, 0) is 30.9 Å². The first kappa shape index (κ1) is 13.1. The summed E-state index contributed by atoms with van der Waals surface area (Å²) in [7, 11) is 1.95. The van der Waals surface area contributed by atoms with Crippen molar-refractivity contribution >= 4 is 11.8 Å². The van der Waals surface area contributed by atoms with Crippen LogP contribution in [0.4, 0.5) is 0 Å². The molecule has 0 saturated heterocycles. The van der Waals surface area contributed by atoms with Gasteiger partial charge in [-0.2, -0.15) is 0 Å². The van der Waals surface area contributed by atoms with Crippen LogP contribution in [0.3, 0.4) is 0 Å². The van der Waals surface area contributed by atoms with Gasteiger partial charge in [-0.25, -0.2) is 0 Å². The number of aromatic nitrogens is 3. The van der Waals surface area contributed by atoms with Gasteiger partial charge in [-0.3, -0.25) is 0 Å². The molecule has 0 aliphatic rings. The Hall–Kier alpha value is -1.33. The Morgan fingerprint density at radius 1 is 1.33 bits per heavy atom. The summed E-state index contributed by atoms with van der Waals surface area (Å²) in [6, 6.07) is 8.94. The van der Waals surface area contributed by atoms with Crippen molar-refractivity contribution in [3.8, 4) is 0 Å². The number of aryl methyl sites for hydroxylation is 1. The van der Waals surface area contributed by atoms with Crippen molar-refractivity contribution < 1.29 is 0 Å². The number of nitrogens with one attached hydrogen (secondary N) is 1. The fraction of sp³-hybridized carbons (Fsp3) is 0.385. The van der Waals surface area contributed by atoms with E-state index in [1.165, 1.54) is 10.5 Å². The molecule has 5 heteroatoms. The monoisotopic (exact) mass is 262 g/mol. The van der Waals surface area contributed by atoms with E-state index < -0.39 is 0 Å². The molecule has 0 amide bonds. The summed E-state index contributed by atoms with van der Waals surface area (Å²) in [5.41, 5.74) is 1.29. The lowest BCUT2D eigenvalue weighted by Gasteiger charge is -2.14. The van der Waals surface area contributed by atoms with Crippen molar-refractivity contribution in [3.05, 3.63) is 42.0 Å². The second-order valence-corrected chi connectivity index (χ2v) is 5.11. The molecule has 0 spiro atoms. The first-order valence-corrected chi connectivity index (χ1v) is 7.13. The number of hydrogen-bond acceptors (Lipinski definition) is 4. The zero-order chi connectivity index (χ0) is 13.0. The van der Waals surface area contributed by atoms with E-state index in [-0.39, 0.29) is 0 Å². The molecule has 0 bridgehead atoms. The highest BCUT2D eigenvalue weighted by atomic mass is 32.2. The fourth-order valence-electron chi connectivity index (χ4n) is 1.72. The lowest BCUT2D eigenvalue weighted by molar-refractivity contribution is 0.548. The van der Waals surface area contributed by atoms with Gasteiger partial charge in [-0.15, -0.1) is 22.0 Å². The minimum Gasteiger partial charge on any atom is -0.320 e. The Labute approximate surface area is 112 Å². The normalized spacial score (nSPS) is 12.6. The van der Waals surface area contributed by atoms with Crippen molar-refractivity contribution in [2.75, 3.05) is 6.26 Å². The standard InChI is InChI=1S/C13H18N4S/c1-10(11-4-6-12(18-3)7-5-11)14-8-13-16-15-9-17(13)2/h4-7,9-10,14H,8H2,1-3H3. The topological polar surface area (TPSA) is 42.7 Å². The van der Waals surface area contributed by atoms with Crippen LogP contribution in [0.15, 0.2) is 35.5 Å². The first-order valence-electron chi connectivity index (χ1n) is 5.91. The van der Waals surface area contributed by atoms with Crippen LogP contribution in [0.2, 0.25) is 0 Å². The fourth-order valence-corrected chi connectivity index (χ4v) is 2.13. The highest BCUT2D eigenvalue weighted by molar-refractivity contribution is 7.98. The van der Waals surface area contributed by atoms with Crippen molar-refractivity contribution in [2.24, 2.45) is 7.05 Å². The van der Waals surface area contributed by atoms with Crippen LogP contribution in [0.25, 0.3) is 0 Å². The van der Waals surface area contributed by atoms with Gasteiger partial charge in [0.1, 0.15) is 12.2 Å². The molecule has 1 heterocycles. The number of benzene rings is 1. The second-order valence-electron chi connectivity index (χ2n) is 4.23. The highest BCUT2D eigenvalue weighted by Gasteiger charge is 2.07. The third-order valence-electron chi connectivity index (χ3n) is 2.99. The van der Waals surface area contributed by atoms with E-state index in [4.69, 9.17) is 0 Å². The Bertz CT molecular complexity index is 492. The number of thioether (sulfide) groups is 1. The summed E-state index contributed by atoms with van der Waals surface area (Å²) in [4.78, 5) is 1.29. The maximum absolute atomic E-state index is 4.06. The van der Waals surface area contributed by atoms with Crippen LogP contribution in [-0.2, 0) is 13.6 Å². The summed E-state index contributed by atoms with van der Waals surface area (Å²) in [6.07, 6.45) is 3.81. The predicted molar refractivity (Wildman–Crippen MR) is 74.5 cm³/mol. The van der Waals surface area contributed by atoms with Crippen molar-refractivity contribution in [1.29, 1.82) is 0 Å². The van der Waals surface area contributed by atoms with Crippen LogP contribution < -0.4 is 5.32 Å². The number of nitrogens with zero attached hydrogens (tertiary/aromatic N) is 3. The average Bonchev–Trinajstić information content (AvgIpc) is 2.81. The van der Waals surface area contributed by atoms with E-state index >= 15 is 0 Å². The molecule has 1 aromatic heterocycles. The molecular formula is C13H18N4S. The van der Waals surface area contributed by atoms with Crippen molar-refractivity contribution in [1.82, 2.24) is 20.1 Å². The smallest absolute Gasteiger partial charge is 0.146 e. The van der Waals surface area contributed by atoms with E-state index in [1.807, 2.05) is 11.6 Å². The molecule has 0 fully saturated rings. The summed E-state index contributed by atoms with van der Waals surface area (Å²) in [5, 5.41) is 11.4. The minimum absolute atomic E-state index is 0.303. The number of rotatable bonds is 5. The summed E-state index contributed by atoms with van der Waals surface area (Å²) < 4.78 is 1.93. The lowest BCUT2D eigenvalue weighted by Crippen LogP contribution is -2.20. The van der Waals surface area contributed by atoms with E-state index in [0.29, 0.717) is 6.04 Å². The lowest BCUT2D eigenvalue weighted by atomic mass is 10.1. The van der Waals surface area contributed by atoms with Gasteiger partial charge in [0.25, 0.3) is 0 Å². The number of hydrogen-bond donors (Lipinski definition) is 1. The quantitative estimate of drug-likeness (QED) is 0.840. The molecule has 96 valence electrons. The molecular weight excluding hydrogens is 244 g/mol. The molecule has 2 aromatic rings. The molecule has 1 atom stereocenters. The highest BCUT2D eigenvalue weighted by Crippen LogP contribution is 2.18. The van der Waals surface area contributed by atoms with E-state index in [2.05, 4.69) is 53.0 Å². The van der Waals surface area contributed by atoms with E-state index in [1.54, 1.807) is 18.1 Å². The van der Waals surface area contributed by atoms with Gasteiger partial charge in [0, 0.05) is 18.0 Å². The molecule has 1 N–H and O–H groups in total. The first-order chi connectivity index (χ1) is 8.70. The second kappa shape index (κ2) is 6.02. The third-order valence-corrected chi connectivity index (χ3v) is 3.73. The Morgan fingerprint density at radius 3 is 2.61 bits per heavy atom. The molecule has 0 radical (unpaired) electrons. The minimum atomic E-state index is 0.303. The molecule has 0 saturated carbocycles. The molecule has 4 nitrogen and oxygen atoms in total. The Balaban J connectivity index is 1.94. The Kier molecular flexibility index (Phi) is 4.38. The van der Waals surface area contributed by atoms with E-state index in [0.717, 1.165) is 12.4 Å². The maximum Gasteiger partial charge on any atom is 0.146 e. The largest absolute Gasteiger partial charge is 0.320 e. The molecule has 2 rings (SSSR count). The SMILES string of the molecule is CSc1ccc(C(C)NCc2nncn2C)cc1. The maximum atomic E-state index is 4.06. The van der Waals surface area contributed by atoms with Crippen LogP contribution >= 0.6 is 11.8 Å². The predicted octanol–water partition coefficient (Wildman–Crippen LogP) is 2.39. The molecule has 1 aromatic carbocycles. The molecule has 0 aliphatic heterocycles. The van der Waals surface area contributed by atoms with Gasteiger partial charge in [-0.1, -0.05) is 12.1 Å². The van der Waals surface area contributed by atoms with Gasteiger partial charge >= 0.3 is 0 Å². The molecule has 0 aliphatic carbocycles. The zero-order valence-corrected chi connectivity index (χ0v) is 11.7. The van der Waals surface area contributed by atoms with Gasteiger partial charge in [0.15, 0.2) is 0 Å². The van der Waals surface area contributed by atoms with Crippen molar-refractivity contribution in [2.45, 2.75) is 24.4 Å². The summed E-state index contributed by atoms with van der Waals surface area (Å²) >= 11 is 1.76. The van der Waals surface area contributed by atoms with Crippen LogP contribution in [0, 0.1) is 0 Å². The third kappa shape index (κ3) is 3.11. The molecule has 1 unspecified atom stereocenters. The van der Waals surface area contributed by atoms with Gasteiger partial charge < -0.3 is 9.88 Å².